The molecule has 0 aliphatic carbocycles. The summed E-state index contributed by atoms with van der Waals surface area (Å²) in [5, 5.41) is 0.785. The topological polar surface area (TPSA) is 89.3 Å². The van der Waals surface area contributed by atoms with Crippen molar-refractivity contribution in [2.75, 3.05) is 11.5 Å². The molecule has 0 atom stereocenters. The number of aryl methyl sites for hydroxylation is 2. The lowest BCUT2D eigenvalue weighted by molar-refractivity contribution is 0.191. The minimum Gasteiger partial charge on any atom is -0.489 e. The molecule has 1 fully saturated rings. The molecule has 3 aromatic heterocycles. The van der Waals surface area contributed by atoms with Crippen molar-refractivity contribution < 1.29 is 8.95 Å². The molecule has 1 saturated heterocycles. The summed E-state index contributed by atoms with van der Waals surface area (Å²) >= 11 is 6.38. The largest absolute Gasteiger partial charge is 0.489 e. The Morgan fingerprint density at radius 3 is 2.72 bits per heavy atom. The van der Waals surface area contributed by atoms with Crippen molar-refractivity contribution in [3.63, 3.8) is 0 Å². The van der Waals surface area contributed by atoms with E-state index in [1.807, 2.05) is 22.9 Å². The summed E-state index contributed by atoms with van der Waals surface area (Å²) in [7, 11) is -0.760. The maximum atomic E-state index is 12.7. The third-order valence-corrected chi connectivity index (χ3v) is 7.57. The lowest BCUT2D eigenvalue weighted by Crippen LogP contribution is -2.27. The molecule has 1 aliphatic rings. The van der Waals surface area contributed by atoms with Crippen molar-refractivity contribution in [3.05, 3.63) is 68.6 Å². The SMILES string of the molecule is Cc1cc2nc(Cc3nc4cc(OC5CCS(=O)CC5)c(Cl)cc4c(=O)[nH]3)cn2cc1C. The summed E-state index contributed by atoms with van der Waals surface area (Å²) in [4.78, 5) is 24.9. The van der Waals surface area contributed by atoms with Crippen molar-refractivity contribution in [1.29, 1.82) is 0 Å². The Labute approximate surface area is 192 Å². The van der Waals surface area contributed by atoms with Gasteiger partial charge in [0.1, 0.15) is 23.3 Å². The predicted octanol–water partition coefficient (Wildman–Crippen LogP) is 3.72. The summed E-state index contributed by atoms with van der Waals surface area (Å²) in [6.07, 6.45) is 5.82. The van der Waals surface area contributed by atoms with Crippen molar-refractivity contribution in [2.24, 2.45) is 0 Å². The Bertz CT molecular complexity index is 1380. The van der Waals surface area contributed by atoms with E-state index in [1.165, 1.54) is 11.1 Å². The van der Waals surface area contributed by atoms with Gasteiger partial charge in [-0.05, 0) is 49.9 Å². The molecule has 0 bridgehead atoms. The van der Waals surface area contributed by atoms with E-state index in [0.29, 0.717) is 45.4 Å². The van der Waals surface area contributed by atoms with Crippen LogP contribution in [0, 0.1) is 13.8 Å². The maximum absolute atomic E-state index is 12.7. The van der Waals surface area contributed by atoms with E-state index < -0.39 is 10.8 Å². The van der Waals surface area contributed by atoms with Gasteiger partial charge in [-0.1, -0.05) is 11.6 Å². The molecule has 1 aliphatic heterocycles. The normalized spacial score (nSPS) is 19.0. The second-order valence-corrected chi connectivity index (χ2v) is 10.4. The van der Waals surface area contributed by atoms with Gasteiger partial charge < -0.3 is 14.1 Å². The zero-order chi connectivity index (χ0) is 22.4. The van der Waals surface area contributed by atoms with Gasteiger partial charge in [-0.3, -0.25) is 9.00 Å². The zero-order valence-electron chi connectivity index (χ0n) is 17.9. The second-order valence-electron chi connectivity index (χ2n) is 8.29. The van der Waals surface area contributed by atoms with Gasteiger partial charge in [0.25, 0.3) is 5.56 Å². The molecule has 7 nitrogen and oxygen atoms in total. The van der Waals surface area contributed by atoms with Gasteiger partial charge in [0.15, 0.2) is 0 Å². The summed E-state index contributed by atoms with van der Waals surface area (Å²) in [5.41, 5.74) is 4.33. The van der Waals surface area contributed by atoms with E-state index in [1.54, 1.807) is 12.1 Å². The molecular weight excluding hydrogens is 448 g/mol. The fourth-order valence-electron chi connectivity index (χ4n) is 3.98. The van der Waals surface area contributed by atoms with E-state index in [-0.39, 0.29) is 11.7 Å². The average Bonchev–Trinajstić information content (AvgIpc) is 3.12. The Kier molecular flexibility index (Phi) is 5.51. The number of H-pyrrole nitrogens is 1. The highest BCUT2D eigenvalue weighted by Gasteiger charge is 2.21. The predicted molar refractivity (Wildman–Crippen MR) is 126 cm³/mol. The number of fused-ring (bicyclic) bond motifs is 2. The third-order valence-electron chi connectivity index (χ3n) is 5.90. The van der Waals surface area contributed by atoms with Crippen molar-refractivity contribution in [2.45, 2.75) is 39.2 Å². The minimum absolute atomic E-state index is 0.0333. The first-order valence-corrected chi connectivity index (χ1v) is 12.4. The highest BCUT2D eigenvalue weighted by molar-refractivity contribution is 7.85. The average molecular weight is 471 g/mol. The molecular formula is C23H23ClN4O3S. The molecule has 0 saturated carbocycles. The number of nitrogens with one attached hydrogen (secondary N) is 1. The second kappa shape index (κ2) is 8.33. The fraction of sp³-hybridized carbons (Fsp3) is 0.348. The van der Waals surface area contributed by atoms with Crippen molar-refractivity contribution >= 4 is 39.0 Å². The van der Waals surface area contributed by atoms with Gasteiger partial charge >= 0.3 is 0 Å². The number of aromatic nitrogens is 4. The van der Waals surface area contributed by atoms with Gasteiger partial charge in [-0.2, -0.15) is 0 Å². The molecule has 0 unspecified atom stereocenters. The van der Waals surface area contributed by atoms with Crippen molar-refractivity contribution in [1.82, 2.24) is 19.4 Å². The number of hydrogen-bond donors (Lipinski definition) is 1. The quantitative estimate of drug-likeness (QED) is 0.491. The monoisotopic (exact) mass is 470 g/mol. The number of imidazole rings is 1. The van der Waals surface area contributed by atoms with Crippen LogP contribution in [0.5, 0.6) is 5.75 Å². The van der Waals surface area contributed by atoms with Crippen LogP contribution in [0.4, 0.5) is 0 Å². The van der Waals surface area contributed by atoms with Crippen molar-refractivity contribution in [3.8, 4) is 5.75 Å². The van der Waals surface area contributed by atoms with Crippen LogP contribution in [-0.2, 0) is 17.2 Å². The number of benzene rings is 1. The molecule has 1 aromatic carbocycles. The first-order valence-electron chi connectivity index (χ1n) is 10.5. The van der Waals surface area contributed by atoms with Gasteiger partial charge in [-0.25, -0.2) is 9.97 Å². The van der Waals surface area contributed by atoms with Crippen LogP contribution in [0.1, 0.15) is 35.5 Å². The number of nitrogens with zero attached hydrogens (tertiary/aromatic N) is 3. The number of aromatic amines is 1. The van der Waals surface area contributed by atoms with E-state index in [0.717, 1.165) is 24.2 Å². The van der Waals surface area contributed by atoms with Crippen LogP contribution in [0.2, 0.25) is 5.02 Å². The number of hydrogen-bond acceptors (Lipinski definition) is 5. The van der Waals surface area contributed by atoms with Crippen LogP contribution in [0.3, 0.4) is 0 Å². The van der Waals surface area contributed by atoms with Crippen LogP contribution in [0.25, 0.3) is 16.6 Å². The standard InChI is InChI=1S/C23H23ClN4O3S/c1-13-7-22-25-15(12-28(22)11-14(13)2)8-21-26-19-10-20(18(24)9-17(19)23(29)27-21)31-16-3-5-32(30)6-4-16/h7,9-12,16H,3-6,8H2,1-2H3,(H,26,27,29). The zero-order valence-corrected chi connectivity index (χ0v) is 19.4. The van der Waals surface area contributed by atoms with E-state index in [4.69, 9.17) is 16.3 Å². The Morgan fingerprint density at radius 1 is 1.16 bits per heavy atom. The van der Waals surface area contributed by atoms with E-state index in [2.05, 4.69) is 28.8 Å². The molecule has 32 heavy (non-hydrogen) atoms. The number of ether oxygens (including phenoxy) is 1. The highest BCUT2D eigenvalue weighted by Crippen LogP contribution is 2.30. The molecule has 5 rings (SSSR count). The summed E-state index contributed by atoms with van der Waals surface area (Å²) < 4.78 is 19.6. The first-order chi connectivity index (χ1) is 15.4. The number of rotatable bonds is 4. The summed E-state index contributed by atoms with van der Waals surface area (Å²) in [6.45, 7) is 4.12. The third kappa shape index (κ3) is 4.17. The fourth-order valence-corrected chi connectivity index (χ4v) is 5.44. The van der Waals surface area contributed by atoms with Crippen LogP contribution < -0.4 is 10.3 Å². The number of pyridine rings is 1. The lowest BCUT2D eigenvalue weighted by Gasteiger charge is -2.23. The molecule has 4 heterocycles. The molecule has 1 N–H and O–H groups in total. The molecule has 0 spiro atoms. The van der Waals surface area contributed by atoms with E-state index in [9.17, 15) is 9.00 Å². The minimum atomic E-state index is -0.760. The number of halogens is 1. The molecule has 9 heteroatoms. The maximum Gasteiger partial charge on any atom is 0.258 e. The molecule has 0 amide bonds. The van der Waals surface area contributed by atoms with E-state index >= 15 is 0 Å². The van der Waals surface area contributed by atoms with Crippen LogP contribution in [0.15, 0.2) is 35.4 Å². The Morgan fingerprint density at radius 2 is 1.94 bits per heavy atom. The smallest absolute Gasteiger partial charge is 0.258 e. The van der Waals surface area contributed by atoms with Gasteiger partial charge in [0.05, 0.1) is 21.6 Å². The first kappa shape index (κ1) is 21.2. The highest BCUT2D eigenvalue weighted by atomic mass is 35.5. The Hall–Kier alpha value is -2.71. The van der Waals surface area contributed by atoms with Crippen LogP contribution in [-0.4, -0.2) is 41.2 Å². The lowest BCUT2D eigenvalue weighted by atomic mass is 10.2. The van der Waals surface area contributed by atoms with Gasteiger partial charge in [-0.15, -0.1) is 0 Å². The van der Waals surface area contributed by atoms with Gasteiger partial charge in [0, 0.05) is 47.2 Å². The summed E-state index contributed by atoms with van der Waals surface area (Å²) in [6, 6.07) is 5.36. The molecule has 166 valence electrons. The Balaban J connectivity index is 1.46. The van der Waals surface area contributed by atoms with Gasteiger partial charge in [0.2, 0.25) is 0 Å². The summed E-state index contributed by atoms with van der Waals surface area (Å²) in [5.74, 6) is 2.30. The van der Waals surface area contributed by atoms with Crippen LogP contribution >= 0.6 is 11.6 Å². The molecule has 4 aromatic rings. The molecule has 0 radical (unpaired) electrons.